The average molecular weight is 238 g/mol. The fourth-order valence-electron chi connectivity index (χ4n) is 1.29. The van der Waals surface area contributed by atoms with Crippen molar-refractivity contribution in [2.45, 2.75) is 0 Å². The first-order chi connectivity index (χ1) is 8.09. The number of nitrogens with one attached hydrogen (secondary N) is 2. The van der Waals surface area contributed by atoms with Gasteiger partial charge in [-0.15, -0.1) is 0 Å². The molecule has 4 N–H and O–H groups in total. The number of amides is 1. The molecule has 1 aromatic carbocycles. The van der Waals surface area contributed by atoms with Crippen molar-refractivity contribution in [1.29, 1.82) is 0 Å². The average Bonchev–Trinajstić information content (AvgIpc) is 2.77. The summed E-state index contributed by atoms with van der Waals surface area (Å²) in [6, 6.07) is 1.99. The van der Waals surface area contributed by atoms with Crippen molar-refractivity contribution in [2.75, 3.05) is 11.1 Å². The molecule has 0 aliphatic carbocycles. The van der Waals surface area contributed by atoms with Gasteiger partial charge in [0, 0.05) is 6.20 Å². The number of aromatic amines is 1. The Morgan fingerprint density at radius 3 is 2.82 bits per heavy atom. The molecule has 0 radical (unpaired) electrons. The summed E-state index contributed by atoms with van der Waals surface area (Å²) in [5, 5.41) is 8.31. The minimum Gasteiger partial charge on any atom is -0.396 e. The lowest BCUT2D eigenvalue weighted by molar-refractivity contribution is 0.101. The molecule has 88 valence electrons. The predicted octanol–water partition coefficient (Wildman–Crippen LogP) is 1.52. The van der Waals surface area contributed by atoms with Crippen LogP contribution in [-0.4, -0.2) is 16.1 Å². The normalized spacial score (nSPS) is 10.2. The Kier molecular flexibility index (Phi) is 2.73. The number of nitrogen functional groups attached to an aromatic ring is 1. The summed E-state index contributed by atoms with van der Waals surface area (Å²) >= 11 is 0. The largest absolute Gasteiger partial charge is 0.396 e. The summed E-state index contributed by atoms with van der Waals surface area (Å²) in [5.41, 5.74) is 4.56. The van der Waals surface area contributed by atoms with Crippen LogP contribution < -0.4 is 11.1 Å². The SMILES string of the molecule is Nc1ccc(F)c(C(=O)Nc2cn[nH]c2)c1F. The number of hydrogen-bond donors (Lipinski definition) is 3. The first-order valence-electron chi connectivity index (χ1n) is 4.63. The van der Waals surface area contributed by atoms with E-state index in [0.29, 0.717) is 5.69 Å². The van der Waals surface area contributed by atoms with E-state index in [4.69, 9.17) is 5.73 Å². The number of carbonyl (C=O) groups excluding carboxylic acids is 1. The molecule has 1 amide bonds. The highest BCUT2D eigenvalue weighted by atomic mass is 19.1. The maximum Gasteiger partial charge on any atom is 0.261 e. The van der Waals surface area contributed by atoms with Gasteiger partial charge in [-0.1, -0.05) is 0 Å². The van der Waals surface area contributed by atoms with Gasteiger partial charge in [-0.05, 0) is 12.1 Å². The van der Waals surface area contributed by atoms with Gasteiger partial charge in [-0.3, -0.25) is 9.89 Å². The van der Waals surface area contributed by atoms with Gasteiger partial charge in [0.2, 0.25) is 0 Å². The van der Waals surface area contributed by atoms with Gasteiger partial charge < -0.3 is 11.1 Å². The van der Waals surface area contributed by atoms with Crippen molar-refractivity contribution in [3.05, 3.63) is 41.7 Å². The number of rotatable bonds is 2. The molecule has 0 aliphatic rings. The van der Waals surface area contributed by atoms with Crippen molar-refractivity contribution in [3.8, 4) is 0 Å². The maximum atomic E-state index is 13.5. The minimum atomic E-state index is -1.08. The number of carbonyl (C=O) groups is 1. The molecule has 0 unspecified atom stereocenters. The first kappa shape index (κ1) is 11.1. The van der Waals surface area contributed by atoms with Crippen LogP contribution in [0.2, 0.25) is 0 Å². The minimum absolute atomic E-state index is 0.288. The molecule has 0 saturated carbocycles. The molecular weight excluding hydrogens is 230 g/mol. The second kappa shape index (κ2) is 4.20. The molecule has 1 heterocycles. The second-order valence-corrected chi connectivity index (χ2v) is 3.27. The quantitative estimate of drug-likeness (QED) is 0.693. The van der Waals surface area contributed by atoms with Gasteiger partial charge >= 0.3 is 0 Å². The molecule has 0 bridgehead atoms. The maximum absolute atomic E-state index is 13.5. The highest BCUT2D eigenvalue weighted by Gasteiger charge is 2.19. The fourth-order valence-corrected chi connectivity index (χ4v) is 1.29. The van der Waals surface area contributed by atoms with Crippen LogP contribution in [0.25, 0.3) is 0 Å². The van der Waals surface area contributed by atoms with E-state index in [1.54, 1.807) is 0 Å². The van der Waals surface area contributed by atoms with E-state index in [1.165, 1.54) is 12.4 Å². The van der Waals surface area contributed by atoms with Crippen LogP contribution in [-0.2, 0) is 0 Å². The number of anilines is 2. The molecule has 2 aromatic rings. The molecule has 1 aromatic heterocycles. The molecule has 0 saturated heterocycles. The molecule has 0 fully saturated rings. The Bertz CT molecular complexity index is 554. The van der Waals surface area contributed by atoms with Crippen LogP contribution in [0.3, 0.4) is 0 Å². The molecule has 5 nitrogen and oxygen atoms in total. The van der Waals surface area contributed by atoms with Gasteiger partial charge in [-0.25, -0.2) is 8.78 Å². The number of aromatic nitrogens is 2. The van der Waals surface area contributed by atoms with Gasteiger partial charge in [0.1, 0.15) is 11.4 Å². The third-order valence-electron chi connectivity index (χ3n) is 2.10. The molecular formula is C10H8F2N4O. The van der Waals surface area contributed by atoms with Gasteiger partial charge in [-0.2, -0.15) is 5.10 Å². The zero-order valence-electron chi connectivity index (χ0n) is 8.50. The summed E-state index contributed by atoms with van der Waals surface area (Å²) in [6.45, 7) is 0. The van der Waals surface area contributed by atoms with E-state index >= 15 is 0 Å². The summed E-state index contributed by atoms with van der Waals surface area (Å²) in [6.07, 6.45) is 2.68. The number of nitrogens with zero attached hydrogens (tertiary/aromatic N) is 1. The van der Waals surface area contributed by atoms with Gasteiger partial charge in [0.15, 0.2) is 5.82 Å². The molecule has 17 heavy (non-hydrogen) atoms. The zero-order valence-corrected chi connectivity index (χ0v) is 8.50. The molecule has 0 atom stereocenters. The van der Waals surface area contributed by atoms with Gasteiger partial charge in [0.25, 0.3) is 5.91 Å². The third-order valence-corrected chi connectivity index (χ3v) is 2.10. The Labute approximate surface area is 94.6 Å². The van der Waals surface area contributed by atoms with E-state index in [9.17, 15) is 13.6 Å². The number of hydrogen-bond acceptors (Lipinski definition) is 3. The van der Waals surface area contributed by atoms with E-state index in [1.807, 2.05) is 0 Å². The van der Waals surface area contributed by atoms with Crippen LogP contribution >= 0.6 is 0 Å². The number of nitrogens with two attached hydrogens (primary N) is 1. The summed E-state index contributed by atoms with van der Waals surface area (Å²) in [7, 11) is 0. The van der Waals surface area contributed by atoms with E-state index in [-0.39, 0.29) is 5.69 Å². The topological polar surface area (TPSA) is 83.8 Å². The van der Waals surface area contributed by atoms with Crippen molar-refractivity contribution in [2.24, 2.45) is 0 Å². The van der Waals surface area contributed by atoms with E-state index < -0.39 is 23.1 Å². The highest BCUT2D eigenvalue weighted by molar-refractivity contribution is 6.05. The zero-order chi connectivity index (χ0) is 12.4. The van der Waals surface area contributed by atoms with Crippen molar-refractivity contribution >= 4 is 17.3 Å². The van der Waals surface area contributed by atoms with Crippen molar-refractivity contribution in [3.63, 3.8) is 0 Å². The van der Waals surface area contributed by atoms with Crippen LogP contribution in [0.1, 0.15) is 10.4 Å². The second-order valence-electron chi connectivity index (χ2n) is 3.27. The fraction of sp³-hybridized carbons (Fsp3) is 0. The lowest BCUT2D eigenvalue weighted by Crippen LogP contribution is -2.16. The summed E-state index contributed by atoms with van der Waals surface area (Å²) in [4.78, 5) is 11.6. The van der Waals surface area contributed by atoms with Crippen molar-refractivity contribution in [1.82, 2.24) is 10.2 Å². The lowest BCUT2D eigenvalue weighted by atomic mass is 10.1. The Morgan fingerprint density at radius 1 is 1.41 bits per heavy atom. The van der Waals surface area contributed by atoms with E-state index in [0.717, 1.165) is 12.1 Å². The highest BCUT2D eigenvalue weighted by Crippen LogP contribution is 2.19. The molecule has 2 rings (SSSR count). The standard InChI is InChI=1S/C10H8F2N4O/c11-6-1-2-7(13)9(12)8(6)10(17)16-5-3-14-15-4-5/h1-4H,13H2,(H,14,15)(H,16,17). The van der Waals surface area contributed by atoms with Crippen LogP contribution in [0, 0.1) is 11.6 Å². The monoisotopic (exact) mass is 238 g/mol. The van der Waals surface area contributed by atoms with E-state index in [2.05, 4.69) is 15.5 Å². The summed E-state index contributed by atoms with van der Waals surface area (Å²) < 4.78 is 26.8. The molecule has 0 spiro atoms. The van der Waals surface area contributed by atoms with Gasteiger partial charge in [0.05, 0.1) is 17.6 Å². The first-order valence-corrected chi connectivity index (χ1v) is 4.63. The Balaban J connectivity index is 2.34. The smallest absolute Gasteiger partial charge is 0.261 e. The Hall–Kier alpha value is -2.44. The molecule has 7 heteroatoms. The van der Waals surface area contributed by atoms with Crippen LogP contribution in [0.4, 0.5) is 20.2 Å². The lowest BCUT2D eigenvalue weighted by Gasteiger charge is -2.06. The predicted molar refractivity (Wildman–Crippen MR) is 57.3 cm³/mol. The number of H-pyrrole nitrogens is 1. The third kappa shape index (κ3) is 2.07. The Morgan fingerprint density at radius 2 is 2.18 bits per heavy atom. The number of halogens is 2. The number of benzene rings is 1. The van der Waals surface area contributed by atoms with Crippen LogP contribution in [0.5, 0.6) is 0 Å². The molecule has 0 aliphatic heterocycles. The van der Waals surface area contributed by atoms with Crippen molar-refractivity contribution < 1.29 is 13.6 Å². The summed E-state index contributed by atoms with van der Waals surface area (Å²) in [5.74, 6) is -2.97. The van der Waals surface area contributed by atoms with Crippen LogP contribution in [0.15, 0.2) is 24.5 Å².